The van der Waals surface area contributed by atoms with E-state index in [-0.39, 0.29) is 0 Å². The largest absolute Gasteiger partial charge is 0.372 e. The number of hydrogen-bond donors (Lipinski definition) is 1. The van der Waals surface area contributed by atoms with Gasteiger partial charge in [-0.25, -0.2) is 4.98 Å². The van der Waals surface area contributed by atoms with Crippen molar-refractivity contribution >= 4 is 11.3 Å². The lowest BCUT2D eigenvalue weighted by Gasteiger charge is -2.21. The monoisotopic (exact) mass is 282 g/mol. The summed E-state index contributed by atoms with van der Waals surface area (Å²) >= 11 is 1.73. The van der Waals surface area contributed by atoms with Gasteiger partial charge < -0.3 is 10.1 Å². The van der Waals surface area contributed by atoms with Crippen LogP contribution in [-0.2, 0) is 17.9 Å². The van der Waals surface area contributed by atoms with Crippen molar-refractivity contribution in [3.05, 3.63) is 16.1 Å². The second kappa shape index (κ2) is 7.98. The van der Waals surface area contributed by atoms with Crippen molar-refractivity contribution in [1.29, 1.82) is 0 Å². The molecular formula is C15H26N2OS. The van der Waals surface area contributed by atoms with Crippen LogP contribution in [0, 0.1) is 5.92 Å². The van der Waals surface area contributed by atoms with E-state index >= 15 is 0 Å². The van der Waals surface area contributed by atoms with Gasteiger partial charge in [-0.2, -0.15) is 0 Å². The average Bonchev–Trinajstić information content (AvgIpc) is 2.85. The zero-order valence-electron chi connectivity index (χ0n) is 12.2. The van der Waals surface area contributed by atoms with Crippen molar-refractivity contribution in [3.8, 4) is 0 Å². The number of nitrogens with zero attached hydrogens (tertiary/aromatic N) is 1. The minimum Gasteiger partial charge on any atom is -0.372 e. The fourth-order valence-electron chi connectivity index (χ4n) is 2.40. The van der Waals surface area contributed by atoms with Crippen LogP contribution < -0.4 is 5.32 Å². The Morgan fingerprint density at radius 3 is 2.89 bits per heavy atom. The Balaban J connectivity index is 1.68. The van der Waals surface area contributed by atoms with Gasteiger partial charge in [0.1, 0.15) is 5.01 Å². The molecule has 1 aliphatic rings. The second-order valence-electron chi connectivity index (χ2n) is 5.83. The third kappa shape index (κ3) is 5.59. The molecule has 1 N–H and O–H groups in total. The standard InChI is InChI=1S/C15H26N2OS/c1-12(2)8-16-9-15-17-13(11-19-15)10-18-14-6-4-3-5-7-14/h11-12,14,16H,3-10H2,1-2H3. The smallest absolute Gasteiger partial charge is 0.107 e. The Kier molecular flexibility index (Phi) is 6.28. The summed E-state index contributed by atoms with van der Waals surface area (Å²) in [5, 5.41) is 6.73. The molecule has 1 aromatic rings. The van der Waals surface area contributed by atoms with Gasteiger partial charge in [0.25, 0.3) is 0 Å². The van der Waals surface area contributed by atoms with Gasteiger partial charge in [-0.05, 0) is 25.3 Å². The zero-order valence-corrected chi connectivity index (χ0v) is 13.0. The molecule has 0 atom stereocenters. The minimum atomic E-state index is 0.470. The number of nitrogens with one attached hydrogen (secondary N) is 1. The molecule has 1 heterocycles. The van der Waals surface area contributed by atoms with Crippen molar-refractivity contribution in [2.24, 2.45) is 5.92 Å². The van der Waals surface area contributed by atoms with E-state index in [9.17, 15) is 0 Å². The summed E-state index contributed by atoms with van der Waals surface area (Å²) < 4.78 is 5.95. The maximum Gasteiger partial charge on any atom is 0.107 e. The molecule has 0 saturated heterocycles. The summed E-state index contributed by atoms with van der Waals surface area (Å²) in [5.74, 6) is 0.689. The summed E-state index contributed by atoms with van der Waals surface area (Å²) in [5.41, 5.74) is 1.09. The highest BCUT2D eigenvalue weighted by Gasteiger charge is 2.14. The fraction of sp³-hybridized carbons (Fsp3) is 0.800. The fourth-order valence-corrected chi connectivity index (χ4v) is 3.15. The molecule has 1 saturated carbocycles. The average molecular weight is 282 g/mol. The first kappa shape index (κ1) is 14.9. The number of thiazole rings is 1. The van der Waals surface area contributed by atoms with Gasteiger partial charge in [0, 0.05) is 11.9 Å². The van der Waals surface area contributed by atoms with Crippen LogP contribution in [0.2, 0.25) is 0 Å². The Labute approximate surface area is 120 Å². The Morgan fingerprint density at radius 2 is 2.16 bits per heavy atom. The van der Waals surface area contributed by atoms with Crippen LogP contribution >= 0.6 is 11.3 Å². The number of hydrogen-bond acceptors (Lipinski definition) is 4. The Morgan fingerprint density at radius 1 is 1.37 bits per heavy atom. The molecule has 0 aromatic carbocycles. The van der Waals surface area contributed by atoms with Crippen LogP contribution in [0.4, 0.5) is 0 Å². The van der Waals surface area contributed by atoms with Gasteiger partial charge in [0.05, 0.1) is 18.4 Å². The van der Waals surface area contributed by atoms with Gasteiger partial charge in [0.2, 0.25) is 0 Å². The van der Waals surface area contributed by atoms with E-state index in [1.165, 1.54) is 37.1 Å². The molecule has 0 bridgehead atoms. The first-order valence-electron chi connectivity index (χ1n) is 7.49. The second-order valence-corrected chi connectivity index (χ2v) is 6.77. The van der Waals surface area contributed by atoms with E-state index in [0.717, 1.165) is 18.8 Å². The van der Waals surface area contributed by atoms with Crippen molar-refractivity contribution in [2.75, 3.05) is 6.54 Å². The molecule has 0 amide bonds. The number of ether oxygens (including phenoxy) is 1. The Bertz CT molecular complexity index is 359. The molecule has 4 heteroatoms. The quantitative estimate of drug-likeness (QED) is 0.827. The third-order valence-corrected chi connectivity index (χ3v) is 4.34. The predicted molar refractivity (Wildman–Crippen MR) is 80.3 cm³/mol. The Hall–Kier alpha value is -0.450. The van der Waals surface area contributed by atoms with Crippen LogP contribution in [-0.4, -0.2) is 17.6 Å². The molecule has 1 aliphatic carbocycles. The molecule has 1 aromatic heterocycles. The van der Waals surface area contributed by atoms with Crippen molar-refractivity contribution in [2.45, 2.75) is 65.2 Å². The molecular weight excluding hydrogens is 256 g/mol. The van der Waals surface area contributed by atoms with Crippen molar-refractivity contribution < 1.29 is 4.74 Å². The van der Waals surface area contributed by atoms with E-state index in [0.29, 0.717) is 18.6 Å². The molecule has 0 radical (unpaired) electrons. The maximum atomic E-state index is 5.95. The molecule has 0 spiro atoms. The van der Waals surface area contributed by atoms with Gasteiger partial charge >= 0.3 is 0 Å². The maximum absolute atomic E-state index is 5.95. The lowest BCUT2D eigenvalue weighted by Crippen LogP contribution is -2.19. The highest BCUT2D eigenvalue weighted by molar-refractivity contribution is 7.09. The van der Waals surface area contributed by atoms with Crippen LogP contribution in [0.5, 0.6) is 0 Å². The van der Waals surface area contributed by atoms with E-state index in [1.54, 1.807) is 11.3 Å². The van der Waals surface area contributed by atoms with Crippen molar-refractivity contribution in [3.63, 3.8) is 0 Å². The summed E-state index contributed by atoms with van der Waals surface area (Å²) in [6.45, 7) is 7.06. The molecule has 0 aliphatic heterocycles. The molecule has 3 nitrogen and oxygen atoms in total. The number of rotatable bonds is 7. The molecule has 108 valence electrons. The third-order valence-electron chi connectivity index (χ3n) is 3.45. The first-order valence-corrected chi connectivity index (χ1v) is 8.37. The van der Waals surface area contributed by atoms with Gasteiger partial charge in [-0.1, -0.05) is 33.1 Å². The van der Waals surface area contributed by atoms with E-state index in [2.05, 4.69) is 29.5 Å². The van der Waals surface area contributed by atoms with Crippen LogP contribution in [0.1, 0.15) is 56.7 Å². The molecule has 19 heavy (non-hydrogen) atoms. The minimum absolute atomic E-state index is 0.470. The lowest BCUT2D eigenvalue weighted by atomic mass is 9.98. The SMILES string of the molecule is CC(C)CNCc1nc(COC2CCCCC2)cs1. The topological polar surface area (TPSA) is 34.2 Å². The summed E-state index contributed by atoms with van der Waals surface area (Å²) in [6.07, 6.45) is 6.96. The molecule has 1 fully saturated rings. The number of aromatic nitrogens is 1. The summed E-state index contributed by atoms with van der Waals surface area (Å²) in [6, 6.07) is 0. The van der Waals surface area contributed by atoms with E-state index in [1.807, 2.05) is 0 Å². The van der Waals surface area contributed by atoms with Gasteiger partial charge in [0.15, 0.2) is 0 Å². The van der Waals surface area contributed by atoms with Crippen molar-refractivity contribution in [1.82, 2.24) is 10.3 Å². The van der Waals surface area contributed by atoms with E-state index in [4.69, 9.17) is 4.74 Å². The van der Waals surface area contributed by atoms with Gasteiger partial charge in [-0.15, -0.1) is 11.3 Å². The van der Waals surface area contributed by atoms with E-state index < -0.39 is 0 Å². The van der Waals surface area contributed by atoms with Crippen LogP contribution in [0.25, 0.3) is 0 Å². The predicted octanol–water partition coefficient (Wildman–Crippen LogP) is 3.74. The van der Waals surface area contributed by atoms with Gasteiger partial charge in [-0.3, -0.25) is 0 Å². The highest BCUT2D eigenvalue weighted by atomic mass is 32.1. The highest BCUT2D eigenvalue weighted by Crippen LogP contribution is 2.21. The lowest BCUT2D eigenvalue weighted by molar-refractivity contribution is 0.0154. The summed E-state index contributed by atoms with van der Waals surface area (Å²) in [4.78, 5) is 4.62. The molecule has 0 unspecified atom stereocenters. The molecule has 2 rings (SSSR count). The zero-order chi connectivity index (χ0) is 13.5. The normalized spacial score (nSPS) is 17.2. The van der Waals surface area contributed by atoms with Crippen LogP contribution in [0.15, 0.2) is 5.38 Å². The summed E-state index contributed by atoms with van der Waals surface area (Å²) in [7, 11) is 0. The first-order chi connectivity index (χ1) is 9.24. The van der Waals surface area contributed by atoms with Crippen LogP contribution in [0.3, 0.4) is 0 Å².